The molecule has 0 aliphatic rings. The molecule has 0 heterocycles. The van der Waals surface area contributed by atoms with Gasteiger partial charge in [0.15, 0.2) is 0 Å². The van der Waals surface area contributed by atoms with Crippen molar-refractivity contribution >= 4 is 46.0 Å². The second-order valence-corrected chi connectivity index (χ2v) is 6.77. The fourth-order valence-corrected chi connectivity index (χ4v) is 2.88. The van der Waals surface area contributed by atoms with Gasteiger partial charge in [0.05, 0.1) is 0 Å². The van der Waals surface area contributed by atoms with E-state index in [0.29, 0.717) is 17.7 Å². The van der Waals surface area contributed by atoms with Gasteiger partial charge >= 0.3 is 0 Å². The van der Waals surface area contributed by atoms with Crippen LogP contribution in [-0.2, 0) is 16.0 Å². The Kier molecular flexibility index (Phi) is 6.51. The van der Waals surface area contributed by atoms with Crippen LogP contribution in [0.2, 0.25) is 0 Å². The molecule has 130 valence electrons. The number of nitrogens with two attached hydrogens (primary N) is 1. The summed E-state index contributed by atoms with van der Waals surface area (Å²) >= 11 is 2.18. The first-order valence-electron chi connectivity index (χ1n) is 7.57. The zero-order valence-corrected chi connectivity index (χ0v) is 15.7. The maximum absolute atomic E-state index is 12.3. The van der Waals surface area contributed by atoms with E-state index in [-0.39, 0.29) is 5.91 Å². The third kappa shape index (κ3) is 5.86. The number of carbonyl (C=O) groups excluding carboxylic acids is 3. The van der Waals surface area contributed by atoms with E-state index >= 15 is 0 Å². The number of anilines is 1. The van der Waals surface area contributed by atoms with E-state index in [1.165, 1.54) is 6.92 Å². The Labute approximate surface area is 159 Å². The summed E-state index contributed by atoms with van der Waals surface area (Å²) in [6.45, 7) is 1.41. The molecule has 2 rings (SSSR count). The number of hydrogen-bond donors (Lipinski definition) is 3. The number of nitrogens with one attached hydrogen (secondary N) is 2. The molecule has 25 heavy (non-hydrogen) atoms. The third-order valence-corrected chi connectivity index (χ3v) is 4.12. The smallest absolute Gasteiger partial charge is 0.251 e. The van der Waals surface area contributed by atoms with Crippen LogP contribution in [0.3, 0.4) is 0 Å². The summed E-state index contributed by atoms with van der Waals surface area (Å²) in [5.74, 6) is -1.19. The zero-order chi connectivity index (χ0) is 18.4. The summed E-state index contributed by atoms with van der Waals surface area (Å²) in [4.78, 5) is 35.0. The van der Waals surface area contributed by atoms with Gasteiger partial charge in [-0.25, -0.2) is 0 Å². The SMILES string of the molecule is CC(=O)Nc1ccc(C(=O)N[C@H](Cc2cccc(I)c2)C(N)=O)cc1. The second-order valence-electron chi connectivity index (χ2n) is 5.52. The molecule has 6 nitrogen and oxygen atoms in total. The Morgan fingerprint density at radius 3 is 2.36 bits per heavy atom. The van der Waals surface area contributed by atoms with Crippen LogP contribution in [0, 0.1) is 3.57 Å². The molecule has 0 aromatic heterocycles. The molecular weight excluding hydrogens is 433 g/mol. The Balaban J connectivity index is 2.07. The number of benzene rings is 2. The van der Waals surface area contributed by atoms with Crippen LogP contribution in [0.25, 0.3) is 0 Å². The first-order valence-corrected chi connectivity index (χ1v) is 8.65. The first-order chi connectivity index (χ1) is 11.8. The maximum atomic E-state index is 12.3. The lowest BCUT2D eigenvalue weighted by Crippen LogP contribution is -2.45. The first kappa shape index (κ1) is 18.9. The van der Waals surface area contributed by atoms with Gasteiger partial charge in [0.25, 0.3) is 5.91 Å². The fraction of sp³-hybridized carbons (Fsp3) is 0.167. The van der Waals surface area contributed by atoms with Crippen LogP contribution in [0.4, 0.5) is 5.69 Å². The van der Waals surface area contributed by atoms with Gasteiger partial charge in [-0.05, 0) is 64.6 Å². The topological polar surface area (TPSA) is 101 Å². The predicted octanol–water partition coefficient (Wildman–Crippen LogP) is 2.08. The minimum Gasteiger partial charge on any atom is -0.368 e. The highest BCUT2D eigenvalue weighted by Crippen LogP contribution is 2.12. The molecule has 0 fully saturated rings. The summed E-state index contributed by atoms with van der Waals surface area (Å²) < 4.78 is 1.04. The van der Waals surface area contributed by atoms with Gasteiger partial charge in [0.2, 0.25) is 11.8 Å². The molecule has 0 aliphatic heterocycles. The van der Waals surface area contributed by atoms with Gasteiger partial charge in [-0.3, -0.25) is 14.4 Å². The van der Waals surface area contributed by atoms with Gasteiger partial charge in [0, 0.05) is 28.2 Å². The molecular formula is C18H18IN3O3. The lowest BCUT2D eigenvalue weighted by Gasteiger charge is -2.16. The quantitative estimate of drug-likeness (QED) is 0.587. The van der Waals surface area contributed by atoms with Crippen molar-refractivity contribution in [2.24, 2.45) is 5.73 Å². The van der Waals surface area contributed by atoms with Crippen LogP contribution in [-0.4, -0.2) is 23.8 Å². The summed E-state index contributed by atoms with van der Waals surface area (Å²) in [5.41, 5.74) is 7.31. The highest BCUT2D eigenvalue weighted by molar-refractivity contribution is 14.1. The van der Waals surface area contributed by atoms with Crippen molar-refractivity contribution in [3.8, 4) is 0 Å². The van der Waals surface area contributed by atoms with Crippen molar-refractivity contribution in [2.45, 2.75) is 19.4 Å². The summed E-state index contributed by atoms with van der Waals surface area (Å²) in [7, 11) is 0. The minimum atomic E-state index is -0.805. The van der Waals surface area contributed by atoms with Gasteiger partial charge < -0.3 is 16.4 Å². The van der Waals surface area contributed by atoms with E-state index < -0.39 is 17.9 Å². The Morgan fingerprint density at radius 1 is 1.12 bits per heavy atom. The lowest BCUT2D eigenvalue weighted by molar-refractivity contribution is -0.119. The van der Waals surface area contributed by atoms with Crippen LogP contribution < -0.4 is 16.4 Å². The molecule has 3 amide bonds. The molecule has 0 radical (unpaired) electrons. The van der Waals surface area contributed by atoms with Crippen molar-refractivity contribution in [3.63, 3.8) is 0 Å². The summed E-state index contributed by atoms with van der Waals surface area (Å²) in [6.07, 6.45) is 0.321. The van der Waals surface area contributed by atoms with Gasteiger partial charge in [-0.15, -0.1) is 0 Å². The molecule has 2 aromatic carbocycles. The minimum absolute atomic E-state index is 0.191. The van der Waals surface area contributed by atoms with Gasteiger partial charge in [0.1, 0.15) is 6.04 Å². The standard InChI is InChI=1S/C18H18IN3O3/c1-11(23)21-15-7-5-13(6-8-15)18(25)22-16(17(20)24)10-12-3-2-4-14(19)9-12/h2-9,16H,10H2,1H3,(H2,20,24)(H,21,23)(H,22,25)/t16-/m1/s1. The molecule has 7 heteroatoms. The number of rotatable bonds is 6. The Bertz CT molecular complexity index is 790. The predicted molar refractivity (Wildman–Crippen MR) is 104 cm³/mol. The van der Waals surface area contributed by atoms with Crippen LogP contribution in [0.1, 0.15) is 22.8 Å². The molecule has 0 saturated carbocycles. The third-order valence-electron chi connectivity index (χ3n) is 3.45. The van der Waals surface area contributed by atoms with Crippen LogP contribution in [0.15, 0.2) is 48.5 Å². The molecule has 0 spiro atoms. The summed E-state index contributed by atoms with van der Waals surface area (Å²) in [5, 5.41) is 5.28. The van der Waals surface area contributed by atoms with Crippen molar-refractivity contribution in [2.75, 3.05) is 5.32 Å². The Morgan fingerprint density at radius 2 is 1.80 bits per heavy atom. The van der Waals surface area contributed by atoms with E-state index in [4.69, 9.17) is 5.73 Å². The molecule has 2 aromatic rings. The second kappa shape index (κ2) is 8.61. The largest absolute Gasteiger partial charge is 0.368 e. The van der Waals surface area contributed by atoms with Crippen molar-refractivity contribution in [1.82, 2.24) is 5.32 Å². The van der Waals surface area contributed by atoms with E-state index in [1.807, 2.05) is 24.3 Å². The van der Waals surface area contributed by atoms with Crippen LogP contribution in [0.5, 0.6) is 0 Å². The maximum Gasteiger partial charge on any atom is 0.251 e. The highest BCUT2D eigenvalue weighted by atomic mass is 127. The molecule has 0 bridgehead atoms. The molecule has 0 saturated heterocycles. The number of hydrogen-bond acceptors (Lipinski definition) is 3. The average Bonchev–Trinajstić information content (AvgIpc) is 2.54. The van der Waals surface area contributed by atoms with Crippen LogP contribution >= 0.6 is 22.6 Å². The molecule has 1 atom stereocenters. The Hall–Kier alpha value is -2.42. The number of primary amides is 1. The van der Waals surface area contributed by atoms with E-state index in [2.05, 4.69) is 33.2 Å². The van der Waals surface area contributed by atoms with E-state index in [9.17, 15) is 14.4 Å². The fourth-order valence-electron chi connectivity index (χ4n) is 2.27. The monoisotopic (exact) mass is 451 g/mol. The zero-order valence-electron chi connectivity index (χ0n) is 13.6. The number of amides is 3. The summed E-state index contributed by atoms with van der Waals surface area (Å²) in [6, 6.07) is 13.2. The average molecular weight is 451 g/mol. The number of carbonyl (C=O) groups is 3. The normalized spacial score (nSPS) is 11.4. The van der Waals surface area contributed by atoms with Crippen molar-refractivity contribution in [3.05, 3.63) is 63.2 Å². The van der Waals surface area contributed by atoms with E-state index in [0.717, 1.165) is 9.13 Å². The molecule has 4 N–H and O–H groups in total. The lowest BCUT2D eigenvalue weighted by atomic mass is 10.0. The molecule has 0 aliphatic carbocycles. The van der Waals surface area contributed by atoms with Crippen molar-refractivity contribution < 1.29 is 14.4 Å². The molecule has 0 unspecified atom stereocenters. The van der Waals surface area contributed by atoms with E-state index in [1.54, 1.807) is 24.3 Å². The highest BCUT2D eigenvalue weighted by Gasteiger charge is 2.19. The van der Waals surface area contributed by atoms with Gasteiger partial charge in [-0.1, -0.05) is 12.1 Å². The van der Waals surface area contributed by atoms with Gasteiger partial charge in [-0.2, -0.15) is 0 Å². The van der Waals surface area contributed by atoms with Crippen molar-refractivity contribution in [1.29, 1.82) is 0 Å². The number of halogens is 1.